The highest BCUT2D eigenvalue weighted by Crippen LogP contribution is 2.36. The Kier molecular flexibility index (Phi) is 4.31. The number of hydrogen-bond acceptors (Lipinski definition) is 3. The van der Waals surface area contributed by atoms with Gasteiger partial charge < -0.3 is 4.90 Å². The number of alkyl halides is 3. The van der Waals surface area contributed by atoms with E-state index in [-0.39, 0.29) is 5.92 Å². The highest BCUT2D eigenvalue weighted by atomic mass is 19.4. The van der Waals surface area contributed by atoms with Crippen molar-refractivity contribution in [1.29, 1.82) is 0 Å². The molecule has 1 atom stereocenters. The maximum absolute atomic E-state index is 12.7. The Bertz CT molecular complexity index is 766. The molecule has 1 aromatic heterocycles. The van der Waals surface area contributed by atoms with Crippen molar-refractivity contribution in [1.82, 2.24) is 4.98 Å². The summed E-state index contributed by atoms with van der Waals surface area (Å²) in [5, 5.41) is 3.62. The number of anilines is 2. The second-order valence-corrected chi connectivity index (χ2v) is 5.61. The van der Waals surface area contributed by atoms with Crippen LogP contribution in [0.4, 0.5) is 24.5 Å². The standard InChI is InChI=1S/C16H14F3N5/c17-16(18,19)12-3-5-13(6-4-12)24-10-11(9-22-23-20)8-14-15(24)2-1-7-21-14/h1-7,11H,8-10H2. The van der Waals surface area contributed by atoms with Crippen LogP contribution >= 0.6 is 0 Å². The predicted octanol–water partition coefficient (Wildman–Crippen LogP) is 4.72. The summed E-state index contributed by atoms with van der Waals surface area (Å²) in [5.74, 6) is 0.0607. The number of hydrogen-bond donors (Lipinski definition) is 0. The molecular formula is C16H14F3N5. The van der Waals surface area contributed by atoms with Crippen LogP contribution in [0.5, 0.6) is 0 Å². The maximum Gasteiger partial charge on any atom is 0.416 e. The first-order valence-electron chi connectivity index (χ1n) is 7.38. The summed E-state index contributed by atoms with van der Waals surface area (Å²) in [4.78, 5) is 9.06. The van der Waals surface area contributed by atoms with Crippen LogP contribution in [0.2, 0.25) is 0 Å². The van der Waals surface area contributed by atoms with E-state index in [0.29, 0.717) is 25.2 Å². The fourth-order valence-electron chi connectivity index (χ4n) is 2.88. The fraction of sp³-hybridized carbons (Fsp3) is 0.312. The second kappa shape index (κ2) is 6.41. The lowest BCUT2D eigenvalue weighted by Gasteiger charge is -2.35. The first kappa shape index (κ1) is 16.1. The maximum atomic E-state index is 12.7. The third-order valence-corrected chi connectivity index (χ3v) is 3.99. The minimum atomic E-state index is -4.36. The van der Waals surface area contributed by atoms with Gasteiger partial charge in [0.1, 0.15) is 0 Å². The summed E-state index contributed by atoms with van der Waals surface area (Å²) < 4.78 is 38.2. The zero-order chi connectivity index (χ0) is 17.2. The topological polar surface area (TPSA) is 64.9 Å². The van der Waals surface area contributed by atoms with Crippen molar-refractivity contribution < 1.29 is 13.2 Å². The molecule has 0 saturated heterocycles. The van der Waals surface area contributed by atoms with Gasteiger partial charge >= 0.3 is 6.18 Å². The molecule has 0 saturated carbocycles. The van der Waals surface area contributed by atoms with Gasteiger partial charge in [-0.2, -0.15) is 13.2 Å². The molecule has 0 N–H and O–H groups in total. The monoisotopic (exact) mass is 333 g/mol. The highest BCUT2D eigenvalue weighted by Gasteiger charge is 2.31. The van der Waals surface area contributed by atoms with Gasteiger partial charge in [0.2, 0.25) is 0 Å². The van der Waals surface area contributed by atoms with Gasteiger partial charge in [-0.1, -0.05) is 5.11 Å². The summed E-state index contributed by atoms with van der Waals surface area (Å²) in [6, 6.07) is 8.74. The van der Waals surface area contributed by atoms with Gasteiger partial charge in [0, 0.05) is 29.9 Å². The Hall–Kier alpha value is -2.73. The second-order valence-electron chi connectivity index (χ2n) is 5.61. The largest absolute Gasteiger partial charge is 0.416 e. The Morgan fingerprint density at radius 3 is 2.67 bits per heavy atom. The van der Waals surface area contributed by atoms with E-state index in [0.717, 1.165) is 23.5 Å². The third kappa shape index (κ3) is 3.28. The highest BCUT2D eigenvalue weighted by molar-refractivity contribution is 5.66. The minimum Gasteiger partial charge on any atom is -0.340 e. The SMILES string of the molecule is [N-]=[N+]=NCC1Cc2ncccc2N(c2ccc(C(F)(F)F)cc2)C1. The van der Waals surface area contributed by atoms with Crippen LogP contribution in [0, 0.1) is 5.92 Å². The third-order valence-electron chi connectivity index (χ3n) is 3.99. The predicted molar refractivity (Wildman–Crippen MR) is 83.9 cm³/mol. The van der Waals surface area contributed by atoms with Crippen molar-refractivity contribution in [3.05, 3.63) is 64.3 Å². The van der Waals surface area contributed by atoms with E-state index in [2.05, 4.69) is 15.0 Å². The first-order valence-corrected chi connectivity index (χ1v) is 7.38. The van der Waals surface area contributed by atoms with Crippen LogP contribution in [-0.4, -0.2) is 18.1 Å². The molecule has 2 aromatic rings. The normalized spacial score (nSPS) is 17.1. The molecule has 0 fully saturated rings. The molecule has 1 aromatic carbocycles. The lowest BCUT2D eigenvalue weighted by atomic mass is 9.95. The Labute approximate surface area is 136 Å². The molecule has 1 unspecified atom stereocenters. The molecule has 1 aliphatic rings. The van der Waals surface area contributed by atoms with E-state index in [9.17, 15) is 13.2 Å². The number of halogens is 3. The van der Waals surface area contributed by atoms with Crippen LogP contribution in [0.3, 0.4) is 0 Å². The quantitative estimate of drug-likeness (QED) is 0.463. The minimum absolute atomic E-state index is 0.0607. The van der Waals surface area contributed by atoms with Gasteiger partial charge in [0.05, 0.1) is 16.9 Å². The molecule has 5 nitrogen and oxygen atoms in total. The summed E-state index contributed by atoms with van der Waals surface area (Å²) in [6.07, 6.45) is -2.00. The van der Waals surface area contributed by atoms with E-state index < -0.39 is 11.7 Å². The molecule has 0 amide bonds. The van der Waals surface area contributed by atoms with E-state index in [4.69, 9.17) is 5.53 Å². The van der Waals surface area contributed by atoms with Crippen LogP contribution < -0.4 is 4.90 Å². The van der Waals surface area contributed by atoms with Crippen molar-refractivity contribution in [3.8, 4) is 0 Å². The molecule has 0 aliphatic carbocycles. The average molecular weight is 333 g/mol. The summed E-state index contributed by atoms with van der Waals surface area (Å²) in [6.45, 7) is 0.882. The lowest BCUT2D eigenvalue weighted by Crippen LogP contribution is -2.33. The molecule has 0 radical (unpaired) electrons. The molecule has 0 bridgehead atoms. The Balaban J connectivity index is 1.94. The number of rotatable bonds is 3. The Morgan fingerprint density at radius 1 is 1.25 bits per heavy atom. The number of pyridine rings is 1. The van der Waals surface area contributed by atoms with Gasteiger partial charge in [-0.25, -0.2) is 0 Å². The van der Waals surface area contributed by atoms with Gasteiger partial charge in [-0.3, -0.25) is 4.98 Å². The van der Waals surface area contributed by atoms with Gasteiger partial charge in [0.15, 0.2) is 0 Å². The van der Waals surface area contributed by atoms with E-state index >= 15 is 0 Å². The summed E-state index contributed by atoms with van der Waals surface area (Å²) in [7, 11) is 0. The van der Waals surface area contributed by atoms with Crippen LogP contribution in [0.15, 0.2) is 47.7 Å². The molecule has 8 heteroatoms. The van der Waals surface area contributed by atoms with Crippen LogP contribution in [0.25, 0.3) is 10.4 Å². The van der Waals surface area contributed by atoms with E-state index in [1.807, 2.05) is 11.0 Å². The zero-order valence-corrected chi connectivity index (χ0v) is 12.6. The number of nitrogens with zero attached hydrogens (tertiary/aromatic N) is 5. The molecule has 24 heavy (non-hydrogen) atoms. The van der Waals surface area contributed by atoms with Gasteiger partial charge in [-0.15, -0.1) is 0 Å². The molecule has 3 rings (SSSR count). The molecular weight excluding hydrogens is 319 g/mol. The number of fused-ring (bicyclic) bond motifs is 1. The Morgan fingerprint density at radius 2 is 2.00 bits per heavy atom. The zero-order valence-electron chi connectivity index (χ0n) is 12.6. The number of benzene rings is 1. The molecule has 0 spiro atoms. The molecule has 2 heterocycles. The summed E-state index contributed by atoms with van der Waals surface area (Å²) in [5.41, 5.74) is 10.2. The van der Waals surface area contributed by atoms with Crippen LogP contribution in [-0.2, 0) is 12.6 Å². The van der Waals surface area contributed by atoms with Crippen molar-refractivity contribution in [3.63, 3.8) is 0 Å². The van der Waals surface area contributed by atoms with Gasteiger partial charge in [0.25, 0.3) is 0 Å². The molecule has 1 aliphatic heterocycles. The number of aromatic nitrogens is 1. The van der Waals surface area contributed by atoms with Crippen molar-refractivity contribution in [2.45, 2.75) is 12.6 Å². The fourth-order valence-corrected chi connectivity index (χ4v) is 2.88. The summed E-state index contributed by atoms with van der Waals surface area (Å²) >= 11 is 0. The van der Waals surface area contributed by atoms with E-state index in [1.54, 1.807) is 12.3 Å². The van der Waals surface area contributed by atoms with Gasteiger partial charge in [-0.05, 0) is 54.3 Å². The molecule has 124 valence electrons. The first-order chi connectivity index (χ1) is 11.5. The number of azide groups is 1. The van der Waals surface area contributed by atoms with Crippen molar-refractivity contribution in [2.75, 3.05) is 18.0 Å². The lowest BCUT2D eigenvalue weighted by molar-refractivity contribution is -0.137. The van der Waals surface area contributed by atoms with Crippen molar-refractivity contribution >= 4 is 11.4 Å². The average Bonchev–Trinajstić information content (AvgIpc) is 2.58. The smallest absolute Gasteiger partial charge is 0.340 e. The van der Waals surface area contributed by atoms with Crippen molar-refractivity contribution in [2.24, 2.45) is 11.0 Å². The van der Waals surface area contributed by atoms with Crippen LogP contribution in [0.1, 0.15) is 11.3 Å². The van der Waals surface area contributed by atoms with E-state index in [1.165, 1.54) is 12.1 Å².